The molecule has 0 aromatic heterocycles. The normalized spacial score (nSPS) is 11.2. The third-order valence-electron chi connectivity index (χ3n) is 1.28. The molecule has 98 valence electrons. The van der Waals surface area contributed by atoms with Crippen molar-refractivity contribution < 1.29 is 101 Å². The molecule has 0 heterocycles. The standard InChI is InChI=1S/C6H8O7.CH2O3.Ca.K/c7-3(8)1-6(13,5(11)12)2-4(9)10;2-1(3)4;;/h13H,1-2H2,(H,7,8)(H,9,10)(H,11,12);(H2,2,3,4);;/q;;+2;+1/p-3. The number of carbonyl (C=O) groups excluding carboxylic acids is 2. The van der Waals surface area contributed by atoms with Crippen molar-refractivity contribution in [3.8, 4) is 0 Å². The quantitative estimate of drug-likeness (QED) is 0.407. The third-order valence-corrected chi connectivity index (χ3v) is 1.28. The van der Waals surface area contributed by atoms with Gasteiger partial charge in [-0.3, -0.25) is 4.79 Å². The second-order valence-electron chi connectivity index (χ2n) is 2.71. The number of carboxylic acids is 3. The van der Waals surface area contributed by atoms with Crippen LogP contribution < -0.4 is 66.7 Å². The Hall–Kier alpha value is 0.536. The van der Waals surface area contributed by atoms with E-state index >= 15 is 0 Å². The van der Waals surface area contributed by atoms with Gasteiger partial charge in [-0.1, -0.05) is 0 Å². The molecule has 1 unspecified atom stereocenters. The molecule has 0 aromatic rings. The molecule has 0 aliphatic carbocycles. The van der Waals surface area contributed by atoms with Crippen LogP contribution in [-0.4, -0.2) is 82.7 Å². The van der Waals surface area contributed by atoms with Gasteiger partial charge >= 0.3 is 101 Å². The Morgan fingerprint density at radius 3 is 1.42 bits per heavy atom. The molecule has 0 spiro atoms. The molecule has 0 saturated carbocycles. The van der Waals surface area contributed by atoms with E-state index in [9.17, 15) is 19.5 Å². The second kappa shape index (κ2) is 13.5. The Bertz CT molecular complexity index is 310. The largest absolute Gasteiger partial charge is 2.00 e. The fraction of sp³-hybridized carbons (Fsp3) is 0.429. The first kappa shape index (κ1) is 27.8. The van der Waals surface area contributed by atoms with E-state index in [0.717, 1.165) is 0 Å². The van der Waals surface area contributed by atoms with Gasteiger partial charge in [0.15, 0.2) is 5.60 Å². The van der Waals surface area contributed by atoms with E-state index in [1.54, 1.807) is 0 Å². The van der Waals surface area contributed by atoms with Crippen molar-refractivity contribution in [2.45, 2.75) is 18.4 Å². The molecule has 0 saturated heterocycles. The fourth-order valence-electron chi connectivity index (χ4n) is 0.703. The van der Waals surface area contributed by atoms with Crippen LogP contribution in [0, 0.1) is 0 Å². The number of aliphatic hydroxyl groups is 1. The predicted molar refractivity (Wildman–Crippen MR) is 45.6 cm³/mol. The summed E-state index contributed by atoms with van der Waals surface area (Å²) in [5.41, 5.74) is -2.80. The van der Waals surface area contributed by atoms with E-state index in [-0.39, 0.29) is 89.1 Å². The first-order valence-corrected chi connectivity index (χ1v) is 3.76. The number of carboxylic acid groups (broad SMARTS) is 5. The number of carbonyl (C=O) groups is 4. The maximum Gasteiger partial charge on any atom is 2.00 e. The molecule has 10 nitrogen and oxygen atoms in total. The van der Waals surface area contributed by atoms with Gasteiger partial charge in [-0.15, -0.1) is 0 Å². The van der Waals surface area contributed by atoms with Gasteiger partial charge < -0.3 is 40.2 Å². The number of hydrogen-bond acceptors (Lipinski definition) is 8. The Balaban J connectivity index is -0.000000165. The summed E-state index contributed by atoms with van der Waals surface area (Å²) in [6.07, 6.45) is -4.77. The first-order valence-electron chi connectivity index (χ1n) is 3.76. The van der Waals surface area contributed by atoms with Crippen molar-refractivity contribution in [3.05, 3.63) is 0 Å². The maximum atomic E-state index is 10.3. The van der Waals surface area contributed by atoms with Crippen LogP contribution in [-0.2, 0) is 14.4 Å². The van der Waals surface area contributed by atoms with Crippen molar-refractivity contribution in [2.75, 3.05) is 0 Å². The van der Waals surface area contributed by atoms with Crippen LogP contribution >= 0.6 is 0 Å². The Kier molecular flexibility index (Phi) is 19.8. The summed E-state index contributed by atoms with van der Waals surface area (Å²) in [5, 5.41) is 52.2. The van der Waals surface area contributed by atoms with Gasteiger partial charge in [0.2, 0.25) is 0 Å². The fourth-order valence-corrected chi connectivity index (χ4v) is 0.703. The zero-order valence-electron chi connectivity index (χ0n) is 9.82. The van der Waals surface area contributed by atoms with Crippen LogP contribution in [0.2, 0.25) is 0 Å². The van der Waals surface area contributed by atoms with Crippen LogP contribution in [0.5, 0.6) is 0 Å². The Morgan fingerprint density at radius 2 is 1.26 bits per heavy atom. The average molecular weight is 330 g/mol. The van der Waals surface area contributed by atoms with Crippen LogP contribution in [0.15, 0.2) is 0 Å². The second-order valence-corrected chi connectivity index (χ2v) is 2.71. The number of aliphatic carboxylic acids is 3. The number of rotatable bonds is 5. The van der Waals surface area contributed by atoms with Gasteiger partial charge in [0.1, 0.15) is 0 Å². The summed E-state index contributed by atoms with van der Waals surface area (Å²) >= 11 is 0. The maximum absolute atomic E-state index is 10.3. The SMILES string of the molecule is O=C([O-])CC(O)(CC(=O)O)C(=O)O.O=C([O-])[O-].[Ca+2].[K+]. The van der Waals surface area contributed by atoms with Gasteiger partial charge in [0.25, 0.3) is 0 Å². The smallest absolute Gasteiger partial charge is 0.652 e. The molecule has 12 heteroatoms. The Labute approximate surface area is 178 Å². The molecule has 0 aromatic carbocycles. The van der Waals surface area contributed by atoms with Crippen molar-refractivity contribution in [3.63, 3.8) is 0 Å². The zero-order chi connectivity index (χ0) is 14.2. The summed E-state index contributed by atoms with van der Waals surface area (Å²) in [7, 11) is 0. The minimum Gasteiger partial charge on any atom is -0.652 e. The average Bonchev–Trinajstić information content (AvgIpc) is 1.98. The van der Waals surface area contributed by atoms with Gasteiger partial charge in [-0.05, 0) is 6.16 Å². The molecule has 0 aliphatic heterocycles. The molecule has 0 radical (unpaired) electrons. The zero-order valence-corrected chi connectivity index (χ0v) is 15.2. The molecule has 1 atom stereocenters. The molecule has 0 amide bonds. The summed E-state index contributed by atoms with van der Waals surface area (Å²) < 4.78 is 0. The predicted octanol–water partition coefficient (Wildman–Crippen LogP) is -8.41. The van der Waals surface area contributed by atoms with E-state index in [1.807, 2.05) is 0 Å². The summed E-state index contributed by atoms with van der Waals surface area (Å²) in [6, 6.07) is 0. The molecule has 0 aliphatic rings. The van der Waals surface area contributed by atoms with E-state index in [2.05, 4.69) is 0 Å². The summed E-state index contributed by atoms with van der Waals surface area (Å²) in [6.45, 7) is 0. The molecule has 0 fully saturated rings. The van der Waals surface area contributed by atoms with Gasteiger partial charge in [0, 0.05) is 12.4 Å². The molecule has 19 heavy (non-hydrogen) atoms. The van der Waals surface area contributed by atoms with E-state index in [4.69, 9.17) is 30.3 Å². The first-order chi connectivity index (χ1) is 7.51. The van der Waals surface area contributed by atoms with Crippen molar-refractivity contribution in [1.29, 1.82) is 0 Å². The van der Waals surface area contributed by atoms with Gasteiger partial charge in [-0.25, -0.2) is 4.79 Å². The van der Waals surface area contributed by atoms with Crippen molar-refractivity contribution in [1.82, 2.24) is 0 Å². The summed E-state index contributed by atoms with van der Waals surface area (Å²) in [4.78, 5) is 38.7. The molecule has 0 bridgehead atoms. The topological polar surface area (TPSA) is 198 Å². The Morgan fingerprint density at radius 1 is 0.947 bits per heavy atom. The van der Waals surface area contributed by atoms with Gasteiger partial charge in [0.05, 0.1) is 6.42 Å². The minimum atomic E-state index is -2.80. The summed E-state index contributed by atoms with van der Waals surface area (Å²) in [5.74, 6) is -5.34. The van der Waals surface area contributed by atoms with E-state index in [0.29, 0.717) is 0 Å². The van der Waals surface area contributed by atoms with Gasteiger partial charge in [-0.2, -0.15) is 0 Å². The van der Waals surface area contributed by atoms with Crippen LogP contribution in [0.1, 0.15) is 12.8 Å². The number of hydrogen-bond donors (Lipinski definition) is 3. The van der Waals surface area contributed by atoms with Crippen LogP contribution in [0.25, 0.3) is 0 Å². The van der Waals surface area contributed by atoms with Crippen LogP contribution in [0.4, 0.5) is 4.79 Å². The van der Waals surface area contributed by atoms with Crippen LogP contribution in [0.3, 0.4) is 0 Å². The molecular weight excluding hydrogens is 323 g/mol. The molecular formula is C7H7CaKO10. The monoisotopic (exact) mass is 330 g/mol. The van der Waals surface area contributed by atoms with Crippen molar-refractivity contribution >= 4 is 61.8 Å². The third kappa shape index (κ3) is 18.5. The minimum absolute atomic E-state index is 0. The molecule has 0 rings (SSSR count). The van der Waals surface area contributed by atoms with E-state index in [1.165, 1.54) is 0 Å². The molecule has 3 N–H and O–H groups in total. The van der Waals surface area contributed by atoms with E-state index < -0.39 is 42.5 Å². The van der Waals surface area contributed by atoms with Crippen molar-refractivity contribution in [2.24, 2.45) is 0 Å².